The summed E-state index contributed by atoms with van der Waals surface area (Å²) in [7, 11) is 0. The molecular formula is C12H24N3Ni+. The molecule has 0 fully saturated rings. The molecule has 0 aromatic carbocycles. The Morgan fingerprint density at radius 2 is 1.12 bits per heavy atom. The zero-order valence-electron chi connectivity index (χ0n) is 10.9. The van der Waals surface area contributed by atoms with Crippen LogP contribution in [0.5, 0.6) is 0 Å². The third kappa shape index (κ3) is 11.5. The van der Waals surface area contributed by atoms with E-state index in [1.807, 2.05) is 0 Å². The van der Waals surface area contributed by atoms with E-state index in [4.69, 9.17) is 23.7 Å². The number of nitrogens with zero attached hydrogens (tertiary/aromatic N) is 3. The van der Waals surface area contributed by atoms with Crippen LogP contribution < -0.4 is 0 Å². The van der Waals surface area contributed by atoms with Crippen LogP contribution in [-0.4, -0.2) is 30.7 Å². The number of hydrogen-bond acceptors (Lipinski definition) is 2. The van der Waals surface area contributed by atoms with Crippen LogP contribution in [-0.2, 0) is 16.5 Å². The van der Waals surface area contributed by atoms with Crippen molar-refractivity contribution in [2.24, 2.45) is 0 Å². The first-order chi connectivity index (χ1) is 7.24. The molecular weight excluding hydrogens is 245 g/mol. The van der Waals surface area contributed by atoms with Crippen molar-refractivity contribution in [3.8, 4) is 0 Å². The number of hydrogen-bond donors (Lipinski definition) is 0. The molecule has 0 aromatic rings. The second kappa shape index (κ2) is 19.9. The van der Waals surface area contributed by atoms with E-state index in [-0.39, 0.29) is 16.5 Å². The van der Waals surface area contributed by atoms with Gasteiger partial charge in [0.05, 0.1) is 26.2 Å². The Hall–Kier alpha value is -0.566. The van der Waals surface area contributed by atoms with Gasteiger partial charge in [-0.1, -0.05) is 13.3 Å². The second-order valence-electron chi connectivity index (χ2n) is 3.37. The van der Waals surface area contributed by atoms with Gasteiger partial charge in [0, 0.05) is 0 Å². The number of rotatable bonds is 6. The molecule has 96 valence electrons. The molecule has 0 aromatic heterocycles. The van der Waals surface area contributed by atoms with Crippen LogP contribution in [0.4, 0.5) is 0 Å². The normalized spacial score (nSPS) is 8.50. The predicted molar refractivity (Wildman–Crippen MR) is 61.6 cm³/mol. The van der Waals surface area contributed by atoms with Crippen molar-refractivity contribution >= 4 is 0 Å². The first kappa shape index (κ1) is 24.6. The molecule has 0 spiro atoms. The topological polar surface area (TPSA) is 47.6 Å². The van der Waals surface area contributed by atoms with Gasteiger partial charge in [-0.3, -0.25) is 0 Å². The largest absolute Gasteiger partial charge is 2.00 e. The monoisotopic (exact) mass is 268 g/mol. The molecule has 0 heterocycles. The van der Waals surface area contributed by atoms with Crippen molar-refractivity contribution in [3.05, 3.63) is 13.1 Å². The predicted octanol–water partition coefficient (Wildman–Crippen LogP) is 2.85. The third-order valence-electron chi connectivity index (χ3n) is 3.00. The fourth-order valence-corrected chi connectivity index (χ4v) is 1.64. The number of quaternary nitrogens is 1. The van der Waals surface area contributed by atoms with Gasteiger partial charge in [-0.15, -0.1) is 0 Å². The summed E-state index contributed by atoms with van der Waals surface area (Å²) in [5.74, 6) is 0. The first-order valence-corrected chi connectivity index (χ1v) is 5.54. The fourth-order valence-electron chi connectivity index (χ4n) is 1.64. The quantitative estimate of drug-likeness (QED) is 0.423. The van der Waals surface area contributed by atoms with Crippen LogP contribution in [0.25, 0.3) is 0 Å². The van der Waals surface area contributed by atoms with Gasteiger partial charge in [0.15, 0.2) is 0 Å². The van der Waals surface area contributed by atoms with Crippen molar-refractivity contribution in [1.82, 2.24) is 0 Å². The van der Waals surface area contributed by atoms with Gasteiger partial charge in [-0.05, 0) is 27.2 Å². The molecule has 0 bridgehead atoms. The Morgan fingerprint density at radius 1 is 0.812 bits per heavy atom. The van der Waals surface area contributed by atoms with Crippen molar-refractivity contribution in [2.45, 2.75) is 40.5 Å². The maximum Gasteiger partial charge on any atom is 2.00 e. The summed E-state index contributed by atoms with van der Waals surface area (Å²) in [6, 6.07) is 0. The van der Waals surface area contributed by atoms with E-state index in [0.29, 0.717) is 0 Å². The summed E-state index contributed by atoms with van der Waals surface area (Å²) in [6.07, 6.45) is 2.72. The van der Waals surface area contributed by atoms with Gasteiger partial charge in [-0.2, -0.15) is 0 Å². The molecule has 0 aliphatic heterocycles. The third-order valence-corrected chi connectivity index (χ3v) is 3.00. The van der Waals surface area contributed by atoms with Gasteiger partial charge < -0.3 is 28.2 Å². The second-order valence-corrected chi connectivity index (χ2v) is 3.37. The average molecular weight is 269 g/mol. The first-order valence-electron chi connectivity index (χ1n) is 5.54. The molecule has 0 radical (unpaired) electrons. The maximum absolute atomic E-state index is 6.25. The van der Waals surface area contributed by atoms with Crippen molar-refractivity contribution in [1.29, 1.82) is 10.5 Å². The van der Waals surface area contributed by atoms with E-state index in [0.717, 1.165) is 0 Å². The van der Waals surface area contributed by atoms with Crippen LogP contribution in [0.3, 0.4) is 0 Å². The summed E-state index contributed by atoms with van der Waals surface area (Å²) < 4.78 is 1.31. The summed E-state index contributed by atoms with van der Waals surface area (Å²) in [6.45, 7) is 24.0. The zero-order valence-corrected chi connectivity index (χ0v) is 11.9. The Bertz CT molecular complexity index is 137. The molecule has 0 unspecified atom stereocenters. The van der Waals surface area contributed by atoms with Crippen molar-refractivity contribution in [3.63, 3.8) is 0 Å². The Morgan fingerprint density at radius 3 is 1.31 bits per heavy atom. The smallest absolute Gasteiger partial charge is 0.512 e. The standard InChI is InChI=1S/C10H24N.2CN.Ni/c1-5-9-10-11(6-2,7-3)8-4;2*1-2;/h5-10H2,1-4H3;;;/q+1;2*-1;+2. The fraction of sp³-hybridized carbons (Fsp3) is 0.833. The molecule has 0 rings (SSSR count). The average Bonchev–Trinajstić information content (AvgIpc) is 2.37. The molecule has 0 amide bonds. The minimum atomic E-state index is 0. The van der Waals surface area contributed by atoms with Gasteiger partial charge in [0.2, 0.25) is 0 Å². The molecule has 0 aliphatic carbocycles. The molecule has 0 saturated heterocycles. The van der Waals surface area contributed by atoms with Gasteiger partial charge in [0.25, 0.3) is 0 Å². The minimum Gasteiger partial charge on any atom is -0.512 e. The van der Waals surface area contributed by atoms with E-state index in [1.165, 1.54) is 43.5 Å². The SMILES string of the molecule is CCCC[N+](CC)(CC)CC.[C-]#N.[C-]#N.[Ni+2]. The number of unbranched alkanes of at least 4 members (excludes halogenated alkanes) is 1. The molecule has 0 atom stereocenters. The summed E-state index contributed by atoms with van der Waals surface area (Å²) >= 11 is 0. The van der Waals surface area contributed by atoms with E-state index in [1.54, 1.807) is 0 Å². The van der Waals surface area contributed by atoms with E-state index in [9.17, 15) is 0 Å². The van der Waals surface area contributed by atoms with Crippen LogP contribution in [0.2, 0.25) is 0 Å². The van der Waals surface area contributed by atoms with Gasteiger partial charge in [-0.25, -0.2) is 0 Å². The van der Waals surface area contributed by atoms with Gasteiger partial charge in [0.1, 0.15) is 0 Å². The Kier molecular flexibility index (Phi) is 30.6. The van der Waals surface area contributed by atoms with E-state index >= 15 is 0 Å². The molecule has 16 heavy (non-hydrogen) atoms. The van der Waals surface area contributed by atoms with Crippen molar-refractivity contribution < 1.29 is 21.0 Å². The summed E-state index contributed by atoms with van der Waals surface area (Å²) in [5.41, 5.74) is 0. The molecule has 0 saturated carbocycles. The zero-order chi connectivity index (χ0) is 12.7. The minimum absolute atomic E-state index is 0. The summed E-state index contributed by atoms with van der Waals surface area (Å²) in [5, 5.41) is 12.5. The summed E-state index contributed by atoms with van der Waals surface area (Å²) in [4.78, 5) is 0. The molecule has 0 N–H and O–H groups in total. The van der Waals surface area contributed by atoms with Crippen LogP contribution in [0.1, 0.15) is 40.5 Å². The van der Waals surface area contributed by atoms with Gasteiger partial charge >= 0.3 is 16.5 Å². The van der Waals surface area contributed by atoms with Crippen LogP contribution in [0.15, 0.2) is 0 Å². The van der Waals surface area contributed by atoms with E-state index < -0.39 is 0 Å². The Labute approximate surface area is 112 Å². The molecule has 3 nitrogen and oxygen atoms in total. The van der Waals surface area contributed by atoms with Crippen LogP contribution >= 0.6 is 0 Å². The maximum atomic E-state index is 6.25. The van der Waals surface area contributed by atoms with E-state index in [2.05, 4.69) is 27.7 Å². The molecule has 0 aliphatic rings. The Balaban J connectivity index is -0.000000129. The molecule has 4 heteroatoms. The van der Waals surface area contributed by atoms with Crippen molar-refractivity contribution in [2.75, 3.05) is 26.2 Å². The van der Waals surface area contributed by atoms with Crippen LogP contribution in [0, 0.1) is 23.7 Å².